The number of hydrogen-bond donors (Lipinski definition) is 2. The summed E-state index contributed by atoms with van der Waals surface area (Å²) in [5, 5.41) is 11.2. The zero-order valence-corrected chi connectivity index (χ0v) is 17.7. The SMILES string of the molecule is COCC(=O)NCCc1ccc(S(=O)(=O)N2CCN(C3CCCCC3)C2=N)cc1. The molecular weight excluding hydrogens is 392 g/mol. The van der Waals surface area contributed by atoms with Gasteiger partial charge in [0.15, 0.2) is 0 Å². The van der Waals surface area contributed by atoms with Crippen molar-refractivity contribution in [3.63, 3.8) is 0 Å². The maximum absolute atomic E-state index is 13.0. The predicted octanol–water partition coefficient (Wildman–Crippen LogP) is 1.57. The van der Waals surface area contributed by atoms with Crippen LogP contribution in [-0.2, 0) is 26.0 Å². The average Bonchev–Trinajstić information content (AvgIpc) is 3.11. The molecule has 1 heterocycles. The summed E-state index contributed by atoms with van der Waals surface area (Å²) >= 11 is 0. The second kappa shape index (κ2) is 9.58. The summed E-state index contributed by atoms with van der Waals surface area (Å²) in [6, 6.07) is 6.96. The standard InChI is InChI=1S/C20H30N4O4S/c1-28-15-19(25)22-12-11-16-7-9-18(10-8-16)29(26,27)24-14-13-23(20(24)21)17-5-3-2-4-6-17/h7-10,17,21H,2-6,11-15H2,1H3,(H,22,25). The van der Waals surface area contributed by atoms with Gasteiger partial charge >= 0.3 is 0 Å². The van der Waals surface area contributed by atoms with Gasteiger partial charge in [-0.15, -0.1) is 0 Å². The lowest BCUT2D eigenvalue weighted by atomic mass is 9.94. The number of hydrogen-bond acceptors (Lipinski definition) is 5. The van der Waals surface area contributed by atoms with E-state index < -0.39 is 10.0 Å². The van der Waals surface area contributed by atoms with Crippen molar-refractivity contribution >= 4 is 21.9 Å². The molecule has 9 heteroatoms. The maximum Gasteiger partial charge on any atom is 0.266 e. The van der Waals surface area contributed by atoms with Crippen LogP contribution in [0.3, 0.4) is 0 Å². The van der Waals surface area contributed by atoms with Gasteiger partial charge in [-0.1, -0.05) is 31.4 Å². The second-order valence-corrected chi connectivity index (χ2v) is 9.43. The number of carbonyl (C=O) groups is 1. The summed E-state index contributed by atoms with van der Waals surface area (Å²) in [6.45, 7) is 1.39. The van der Waals surface area contributed by atoms with Gasteiger partial charge in [-0.3, -0.25) is 10.2 Å². The van der Waals surface area contributed by atoms with E-state index in [-0.39, 0.29) is 29.4 Å². The third-order valence-corrected chi connectivity index (χ3v) is 7.39. The summed E-state index contributed by atoms with van der Waals surface area (Å²) in [7, 11) is -2.27. The number of amides is 1. The topological polar surface area (TPSA) is 103 Å². The van der Waals surface area contributed by atoms with Gasteiger partial charge in [-0.25, -0.2) is 12.7 Å². The zero-order valence-electron chi connectivity index (χ0n) is 16.9. The number of methoxy groups -OCH3 is 1. The molecule has 1 aliphatic carbocycles. The molecule has 160 valence electrons. The lowest BCUT2D eigenvalue weighted by Gasteiger charge is -2.32. The molecule has 0 aromatic heterocycles. The molecule has 2 fully saturated rings. The van der Waals surface area contributed by atoms with E-state index in [0.717, 1.165) is 31.2 Å². The van der Waals surface area contributed by atoms with E-state index in [1.807, 2.05) is 4.90 Å². The molecule has 0 bridgehead atoms. The van der Waals surface area contributed by atoms with Gasteiger partial charge in [0.25, 0.3) is 10.0 Å². The highest BCUT2D eigenvalue weighted by Gasteiger charge is 2.38. The molecule has 1 aliphatic heterocycles. The highest BCUT2D eigenvalue weighted by atomic mass is 32.2. The molecule has 1 aromatic carbocycles. The largest absolute Gasteiger partial charge is 0.375 e. The Balaban J connectivity index is 1.60. The first-order valence-corrected chi connectivity index (χ1v) is 11.6. The molecule has 8 nitrogen and oxygen atoms in total. The molecule has 0 spiro atoms. The number of nitrogens with one attached hydrogen (secondary N) is 2. The first-order valence-electron chi connectivity index (χ1n) is 10.2. The number of ether oxygens (including phenoxy) is 1. The van der Waals surface area contributed by atoms with Crippen LogP contribution in [0, 0.1) is 5.41 Å². The number of rotatable bonds is 8. The van der Waals surface area contributed by atoms with Crippen LogP contribution in [0.25, 0.3) is 0 Å². The Bertz CT molecular complexity index is 819. The highest BCUT2D eigenvalue weighted by molar-refractivity contribution is 7.89. The third kappa shape index (κ3) is 5.08. The van der Waals surface area contributed by atoms with E-state index in [1.165, 1.54) is 17.8 Å². The normalized spacial score (nSPS) is 18.3. The van der Waals surface area contributed by atoms with E-state index >= 15 is 0 Å². The Labute approximate surface area is 172 Å². The number of benzene rings is 1. The maximum atomic E-state index is 13.0. The summed E-state index contributed by atoms with van der Waals surface area (Å²) < 4.78 is 32.1. The molecule has 1 aromatic rings. The van der Waals surface area contributed by atoms with Gasteiger partial charge in [-0.05, 0) is 37.0 Å². The van der Waals surface area contributed by atoms with Gasteiger partial charge in [-0.2, -0.15) is 0 Å². The number of guanidine groups is 1. The van der Waals surface area contributed by atoms with Crippen LogP contribution in [0.5, 0.6) is 0 Å². The van der Waals surface area contributed by atoms with E-state index in [2.05, 4.69) is 5.32 Å². The highest BCUT2D eigenvalue weighted by Crippen LogP contribution is 2.28. The molecule has 1 saturated carbocycles. The van der Waals surface area contributed by atoms with Crippen LogP contribution >= 0.6 is 0 Å². The Morgan fingerprint density at radius 1 is 1.17 bits per heavy atom. The van der Waals surface area contributed by atoms with Gasteiger partial charge in [0.05, 0.1) is 11.4 Å². The lowest BCUT2D eigenvalue weighted by Crippen LogP contribution is -2.42. The summed E-state index contributed by atoms with van der Waals surface area (Å²) in [6.07, 6.45) is 6.19. The van der Waals surface area contributed by atoms with Gasteiger partial charge in [0, 0.05) is 26.2 Å². The van der Waals surface area contributed by atoms with E-state index in [0.29, 0.717) is 26.1 Å². The van der Waals surface area contributed by atoms with Crippen molar-refractivity contribution in [3.8, 4) is 0 Å². The van der Waals surface area contributed by atoms with Crippen molar-refractivity contribution in [2.45, 2.75) is 49.5 Å². The second-order valence-electron chi connectivity index (χ2n) is 7.56. The molecule has 0 atom stereocenters. The Morgan fingerprint density at radius 2 is 1.86 bits per heavy atom. The monoisotopic (exact) mass is 422 g/mol. The van der Waals surface area contributed by atoms with Gasteiger partial charge in [0.2, 0.25) is 11.9 Å². The molecule has 0 unspecified atom stereocenters. The molecule has 1 amide bonds. The van der Waals surface area contributed by atoms with Gasteiger partial charge < -0.3 is 15.0 Å². The Morgan fingerprint density at radius 3 is 2.52 bits per heavy atom. The molecule has 29 heavy (non-hydrogen) atoms. The summed E-state index contributed by atoms with van der Waals surface area (Å²) in [5.41, 5.74) is 0.932. The van der Waals surface area contributed by atoms with Crippen molar-refractivity contribution < 1.29 is 17.9 Å². The Hall–Kier alpha value is -2.13. The van der Waals surface area contributed by atoms with Crippen molar-refractivity contribution in [3.05, 3.63) is 29.8 Å². The van der Waals surface area contributed by atoms with Gasteiger partial charge in [0.1, 0.15) is 6.61 Å². The van der Waals surface area contributed by atoms with E-state index in [1.54, 1.807) is 24.3 Å². The lowest BCUT2D eigenvalue weighted by molar-refractivity contribution is -0.124. The van der Waals surface area contributed by atoms with Crippen LogP contribution in [0.2, 0.25) is 0 Å². The van der Waals surface area contributed by atoms with Crippen LogP contribution in [0.1, 0.15) is 37.7 Å². The van der Waals surface area contributed by atoms with Crippen molar-refractivity contribution in [1.82, 2.24) is 14.5 Å². The summed E-state index contributed by atoms with van der Waals surface area (Å²) in [5.74, 6) is -0.0800. The summed E-state index contributed by atoms with van der Waals surface area (Å²) in [4.78, 5) is 13.5. The van der Waals surface area contributed by atoms with Crippen LogP contribution < -0.4 is 5.32 Å². The predicted molar refractivity (Wildman–Crippen MR) is 110 cm³/mol. The van der Waals surface area contributed by atoms with E-state index in [4.69, 9.17) is 10.1 Å². The molecule has 3 rings (SSSR count). The number of sulfonamides is 1. The van der Waals surface area contributed by atoms with Crippen LogP contribution in [0.15, 0.2) is 29.2 Å². The van der Waals surface area contributed by atoms with Crippen LogP contribution in [0.4, 0.5) is 0 Å². The molecular formula is C20H30N4O4S. The van der Waals surface area contributed by atoms with Crippen LogP contribution in [-0.4, -0.2) is 68.9 Å². The third-order valence-electron chi connectivity index (χ3n) is 5.59. The quantitative estimate of drug-likeness (QED) is 0.662. The minimum Gasteiger partial charge on any atom is -0.375 e. The fraction of sp³-hybridized carbons (Fsp3) is 0.600. The molecule has 1 saturated heterocycles. The molecule has 0 radical (unpaired) electrons. The fourth-order valence-corrected chi connectivity index (χ4v) is 5.41. The number of carbonyl (C=O) groups excluding carboxylic acids is 1. The van der Waals surface area contributed by atoms with E-state index in [9.17, 15) is 13.2 Å². The average molecular weight is 423 g/mol. The number of nitrogens with zero attached hydrogens (tertiary/aromatic N) is 2. The molecule has 2 aliphatic rings. The zero-order chi connectivity index (χ0) is 20.9. The minimum atomic E-state index is -3.74. The smallest absolute Gasteiger partial charge is 0.266 e. The van der Waals surface area contributed by atoms with Crippen molar-refractivity contribution in [2.24, 2.45) is 0 Å². The fourth-order valence-electron chi connectivity index (χ4n) is 4.02. The molecule has 2 N–H and O–H groups in total. The first kappa shape index (κ1) is 21.6. The Kier molecular flexibility index (Phi) is 7.13. The minimum absolute atomic E-state index is 0.0247. The van der Waals surface area contributed by atoms with Crippen molar-refractivity contribution in [1.29, 1.82) is 5.41 Å². The first-order chi connectivity index (χ1) is 13.9. The van der Waals surface area contributed by atoms with Crippen molar-refractivity contribution in [2.75, 3.05) is 33.4 Å².